The van der Waals surface area contributed by atoms with Crippen LogP contribution in [-0.4, -0.2) is 64.6 Å². The predicted molar refractivity (Wildman–Crippen MR) is 127 cm³/mol. The van der Waals surface area contributed by atoms with Crippen LogP contribution < -0.4 is 10.1 Å². The van der Waals surface area contributed by atoms with Gasteiger partial charge in [-0.3, -0.25) is 4.79 Å². The number of anilines is 1. The zero-order valence-corrected chi connectivity index (χ0v) is 20.9. The summed E-state index contributed by atoms with van der Waals surface area (Å²) < 4.78 is 72.7. The number of sulfonamides is 2. The molecule has 0 saturated carbocycles. The van der Waals surface area contributed by atoms with E-state index >= 15 is 0 Å². The highest BCUT2D eigenvalue weighted by Gasteiger charge is 2.33. The van der Waals surface area contributed by atoms with Crippen LogP contribution in [0, 0.1) is 11.7 Å². The summed E-state index contributed by atoms with van der Waals surface area (Å²) in [6.07, 6.45) is 2.21. The van der Waals surface area contributed by atoms with Gasteiger partial charge in [0, 0.05) is 32.1 Å². The zero-order chi connectivity index (χ0) is 25.2. The van der Waals surface area contributed by atoms with Gasteiger partial charge in [-0.05, 0) is 68.1 Å². The lowest BCUT2D eigenvalue weighted by Gasteiger charge is -2.30. The van der Waals surface area contributed by atoms with E-state index in [-0.39, 0.29) is 34.5 Å². The second-order valence-corrected chi connectivity index (χ2v) is 12.5. The van der Waals surface area contributed by atoms with Gasteiger partial charge in [0.25, 0.3) is 0 Å². The largest absolute Gasteiger partial charge is 0.495 e. The molecule has 12 heteroatoms. The van der Waals surface area contributed by atoms with Gasteiger partial charge in [0.05, 0.1) is 22.6 Å². The number of ether oxygens (including phenoxy) is 1. The second kappa shape index (κ2) is 10.2. The van der Waals surface area contributed by atoms with Gasteiger partial charge in [-0.25, -0.2) is 21.2 Å². The van der Waals surface area contributed by atoms with Gasteiger partial charge in [-0.1, -0.05) is 0 Å². The minimum atomic E-state index is -3.78. The van der Waals surface area contributed by atoms with Crippen LogP contribution >= 0.6 is 0 Å². The molecule has 4 rings (SSSR count). The smallest absolute Gasteiger partial charge is 0.243 e. The molecule has 0 spiro atoms. The number of rotatable bonds is 7. The number of hydrogen-bond donors (Lipinski definition) is 1. The van der Waals surface area contributed by atoms with E-state index in [1.54, 1.807) is 0 Å². The lowest BCUT2D eigenvalue weighted by atomic mass is 9.97. The molecule has 1 N–H and O–H groups in total. The molecule has 0 aliphatic carbocycles. The molecular formula is C23H28FN3O6S2. The maximum absolute atomic E-state index is 13.2. The molecule has 0 unspecified atom stereocenters. The monoisotopic (exact) mass is 525 g/mol. The SMILES string of the molecule is COc1ccc(S(=O)(=O)N2CCCC2)cc1NC(=O)C1CCN(S(=O)(=O)c2ccc(F)cc2)CC1. The van der Waals surface area contributed by atoms with Crippen molar-refractivity contribution < 1.29 is 30.8 Å². The van der Waals surface area contributed by atoms with Crippen LogP contribution in [-0.2, 0) is 24.8 Å². The third-order valence-corrected chi connectivity index (χ3v) is 10.2. The molecule has 1 amide bonds. The average molecular weight is 526 g/mol. The number of hydrogen-bond acceptors (Lipinski definition) is 6. The van der Waals surface area contributed by atoms with Crippen molar-refractivity contribution in [1.82, 2.24) is 8.61 Å². The first-order valence-electron chi connectivity index (χ1n) is 11.4. The van der Waals surface area contributed by atoms with Gasteiger partial charge in [0.2, 0.25) is 26.0 Å². The summed E-state index contributed by atoms with van der Waals surface area (Å²) in [5.41, 5.74) is 0.249. The van der Waals surface area contributed by atoms with Crippen LogP contribution in [0.25, 0.3) is 0 Å². The summed E-state index contributed by atoms with van der Waals surface area (Å²) in [7, 11) is -6.02. The molecule has 2 heterocycles. The Hall–Kier alpha value is -2.54. The van der Waals surface area contributed by atoms with Gasteiger partial charge in [-0.15, -0.1) is 0 Å². The quantitative estimate of drug-likeness (QED) is 0.595. The highest BCUT2D eigenvalue weighted by molar-refractivity contribution is 7.89. The topological polar surface area (TPSA) is 113 Å². The number of carbonyl (C=O) groups is 1. The summed E-state index contributed by atoms with van der Waals surface area (Å²) in [4.78, 5) is 13.1. The summed E-state index contributed by atoms with van der Waals surface area (Å²) in [5.74, 6) is -0.988. The molecule has 0 radical (unpaired) electrons. The van der Waals surface area contributed by atoms with Crippen molar-refractivity contribution in [2.75, 3.05) is 38.6 Å². The molecule has 0 bridgehead atoms. The third kappa shape index (κ3) is 5.35. The molecule has 2 aliphatic rings. The molecule has 2 aromatic rings. The van der Waals surface area contributed by atoms with Crippen LogP contribution in [0.2, 0.25) is 0 Å². The van der Waals surface area contributed by atoms with Crippen LogP contribution in [0.1, 0.15) is 25.7 Å². The lowest BCUT2D eigenvalue weighted by molar-refractivity contribution is -0.120. The summed E-state index contributed by atoms with van der Waals surface area (Å²) in [6.45, 7) is 1.21. The number of halogens is 1. The molecule has 9 nitrogen and oxygen atoms in total. The Balaban J connectivity index is 1.44. The molecule has 35 heavy (non-hydrogen) atoms. The number of benzene rings is 2. The average Bonchev–Trinajstić information content (AvgIpc) is 3.40. The first-order chi connectivity index (χ1) is 16.6. The Morgan fingerprint density at radius 1 is 0.886 bits per heavy atom. The van der Waals surface area contributed by atoms with E-state index in [0.29, 0.717) is 31.7 Å². The van der Waals surface area contributed by atoms with Crippen molar-refractivity contribution in [3.63, 3.8) is 0 Å². The van der Waals surface area contributed by atoms with Gasteiger partial charge in [0.15, 0.2) is 0 Å². The molecule has 2 fully saturated rings. The molecule has 0 aromatic heterocycles. The minimum absolute atomic E-state index is 0.00237. The fourth-order valence-corrected chi connectivity index (χ4v) is 7.39. The first kappa shape index (κ1) is 25.5. The van der Waals surface area contributed by atoms with Gasteiger partial charge in [-0.2, -0.15) is 8.61 Å². The van der Waals surface area contributed by atoms with E-state index in [1.165, 1.54) is 46.1 Å². The number of carbonyl (C=O) groups excluding carboxylic acids is 1. The van der Waals surface area contributed by atoms with Gasteiger partial charge < -0.3 is 10.1 Å². The summed E-state index contributed by atoms with van der Waals surface area (Å²) in [5, 5.41) is 2.77. The van der Waals surface area contributed by atoms with E-state index in [1.807, 2.05) is 0 Å². The Morgan fingerprint density at radius 3 is 2.03 bits per heavy atom. The van der Waals surface area contributed by atoms with Crippen LogP contribution in [0.4, 0.5) is 10.1 Å². The molecule has 2 aliphatic heterocycles. The van der Waals surface area contributed by atoms with Crippen molar-refractivity contribution in [1.29, 1.82) is 0 Å². The number of nitrogens with one attached hydrogen (secondary N) is 1. The van der Waals surface area contributed by atoms with Crippen molar-refractivity contribution >= 4 is 31.6 Å². The number of methoxy groups -OCH3 is 1. The summed E-state index contributed by atoms with van der Waals surface area (Å²) in [6, 6.07) is 9.00. The van der Waals surface area contributed by atoms with Gasteiger partial charge in [0.1, 0.15) is 11.6 Å². The van der Waals surface area contributed by atoms with E-state index in [9.17, 15) is 26.0 Å². The first-order valence-corrected chi connectivity index (χ1v) is 14.3. The number of piperidine rings is 1. The Bertz CT molecular complexity index is 1290. The molecule has 0 atom stereocenters. The Kier molecular flexibility index (Phi) is 7.46. The maximum atomic E-state index is 13.2. The van der Waals surface area contributed by atoms with Crippen molar-refractivity contribution in [2.45, 2.75) is 35.5 Å². The van der Waals surface area contributed by atoms with E-state index in [2.05, 4.69) is 5.32 Å². The van der Waals surface area contributed by atoms with Crippen molar-refractivity contribution in [3.05, 3.63) is 48.3 Å². The van der Waals surface area contributed by atoms with Crippen molar-refractivity contribution in [3.8, 4) is 5.75 Å². The third-order valence-electron chi connectivity index (χ3n) is 6.41. The highest BCUT2D eigenvalue weighted by Crippen LogP contribution is 2.32. The van der Waals surface area contributed by atoms with Crippen LogP contribution in [0.5, 0.6) is 5.75 Å². The predicted octanol–water partition coefficient (Wildman–Crippen LogP) is 2.66. The fraction of sp³-hybridized carbons (Fsp3) is 0.435. The fourth-order valence-electron chi connectivity index (χ4n) is 4.37. The lowest BCUT2D eigenvalue weighted by Crippen LogP contribution is -2.41. The Morgan fingerprint density at radius 2 is 1.43 bits per heavy atom. The molecule has 2 saturated heterocycles. The molecule has 190 valence electrons. The van der Waals surface area contributed by atoms with Gasteiger partial charge >= 0.3 is 0 Å². The standard InChI is InChI=1S/C23H28FN3O6S2/c1-33-22-9-8-20(35(31,32)26-12-2-3-13-26)16-21(22)25-23(28)17-10-14-27(15-11-17)34(29,30)19-6-4-18(24)5-7-19/h4-9,16-17H,2-3,10-15H2,1H3,(H,25,28). The highest BCUT2D eigenvalue weighted by atomic mass is 32.2. The van der Waals surface area contributed by atoms with Crippen LogP contribution in [0.15, 0.2) is 52.3 Å². The molecule has 2 aromatic carbocycles. The Labute approximate surface area is 205 Å². The molecular weight excluding hydrogens is 497 g/mol. The van der Waals surface area contributed by atoms with E-state index in [0.717, 1.165) is 25.0 Å². The second-order valence-electron chi connectivity index (χ2n) is 8.59. The zero-order valence-electron chi connectivity index (χ0n) is 19.3. The normalized spacial score (nSPS) is 18.5. The van der Waals surface area contributed by atoms with E-state index < -0.39 is 31.8 Å². The number of amides is 1. The van der Waals surface area contributed by atoms with E-state index in [4.69, 9.17) is 4.74 Å². The number of nitrogens with zero attached hydrogens (tertiary/aromatic N) is 2. The van der Waals surface area contributed by atoms with Crippen LogP contribution in [0.3, 0.4) is 0 Å². The van der Waals surface area contributed by atoms with Crippen molar-refractivity contribution in [2.24, 2.45) is 5.92 Å². The summed E-state index contributed by atoms with van der Waals surface area (Å²) >= 11 is 0. The maximum Gasteiger partial charge on any atom is 0.243 e. The minimum Gasteiger partial charge on any atom is -0.495 e.